The Morgan fingerprint density at radius 2 is 1.79 bits per heavy atom. The number of nitrogens with one attached hydrogen (secondary N) is 1. The average Bonchev–Trinajstić information content (AvgIpc) is 2.27. The molecule has 0 aliphatic heterocycles. The molecule has 0 aliphatic carbocycles. The van der Waals surface area contributed by atoms with Gasteiger partial charge in [-0.25, -0.2) is 4.79 Å². The summed E-state index contributed by atoms with van der Waals surface area (Å²) in [6.45, 7) is 7.20. The zero-order chi connectivity index (χ0) is 14.5. The molecule has 4 nitrogen and oxygen atoms in total. The van der Waals surface area contributed by atoms with Gasteiger partial charge in [0, 0.05) is 6.42 Å². The van der Waals surface area contributed by atoms with Crippen molar-refractivity contribution < 1.29 is 14.3 Å². The predicted octanol–water partition coefficient (Wildman–Crippen LogP) is 3.02. The molecule has 0 bridgehead atoms. The molecule has 0 fully saturated rings. The average molecular weight is 263 g/mol. The molecule has 0 heterocycles. The summed E-state index contributed by atoms with van der Waals surface area (Å²) in [6.07, 6.45) is 0.460. The maximum atomic E-state index is 11.9. The molecule has 0 saturated carbocycles. The highest BCUT2D eigenvalue weighted by Crippen LogP contribution is 2.24. The Bertz CT molecular complexity index is 436. The van der Waals surface area contributed by atoms with Crippen LogP contribution in [0.5, 0.6) is 0 Å². The van der Waals surface area contributed by atoms with Crippen molar-refractivity contribution in [3.05, 3.63) is 35.9 Å². The number of hydrogen-bond acceptors (Lipinski definition) is 3. The van der Waals surface area contributed by atoms with Gasteiger partial charge in [-0.15, -0.1) is 0 Å². The molecule has 0 saturated heterocycles. The van der Waals surface area contributed by atoms with Crippen LogP contribution in [0, 0.1) is 0 Å². The van der Waals surface area contributed by atoms with E-state index in [1.54, 1.807) is 27.7 Å². The Morgan fingerprint density at radius 1 is 1.21 bits per heavy atom. The number of carbonyl (C=O) groups excluding carboxylic acids is 2. The van der Waals surface area contributed by atoms with Crippen molar-refractivity contribution in [3.63, 3.8) is 0 Å². The van der Waals surface area contributed by atoms with E-state index in [0.717, 1.165) is 11.8 Å². The molecule has 1 aromatic rings. The Balaban J connectivity index is 2.89. The fourth-order valence-corrected chi connectivity index (χ4v) is 1.74. The number of ether oxygens (including phenoxy) is 1. The zero-order valence-corrected chi connectivity index (χ0v) is 11.9. The van der Waals surface area contributed by atoms with Crippen LogP contribution in [0.4, 0.5) is 4.79 Å². The summed E-state index contributed by atoms with van der Waals surface area (Å²) in [5.74, 6) is 0. The Hall–Kier alpha value is -1.84. The SMILES string of the molecule is CC(C)(C)OC(=O)NC(C)(CC=O)c1ccccc1. The summed E-state index contributed by atoms with van der Waals surface area (Å²) < 4.78 is 5.24. The number of alkyl carbamates (subject to hydrolysis) is 1. The quantitative estimate of drug-likeness (QED) is 0.849. The molecular weight excluding hydrogens is 242 g/mol. The van der Waals surface area contributed by atoms with Crippen LogP contribution in [0.2, 0.25) is 0 Å². The zero-order valence-electron chi connectivity index (χ0n) is 11.9. The summed E-state index contributed by atoms with van der Waals surface area (Å²) in [5, 5.41) is 2.77. The smallest absolute Gasteiger partial charge is 0.408 e. The molecular formula is C15H21NO3. The van der Waals surface area contributed by atoms with E-state index in [-0.39, 0.29) is 6.42 Å². The number of benzene rings is 1. The van der Waals surface area contributed by atoms with Crippen molar-refractivity contribution in [2.45, 2.75) is 45.3 Å². The highest BCUT2D eigenvalue weighted by molar-refractivity contribution is 5.70. The summed E-state index contributed by atoms with van der Waals surface area (Å²) in [6, 6.07) is 9.38. The molecule has 1 amide bonds. The van der Waals surface area contributed by atoms with Crippen molar-refractivity contribution in [3.8, 4) is 0 Å². The number of carbonyl (C=O) groups is 2. The molecule has 1 N–H and O–H groups in total. The molecule has 4 heteroatoms. The first-order valence-corrected chi connectivity index (χ1v) is 6.27. The minimum atomic E-state index is -0.759. The molecule has 1 atom stereocenters. The van der Waals surface area contributed by atoms with Crippen LogP contribution in [0.15, 0.2) is 30.3 Å². The fourth-order valence-electron chi connectivity index (χ4n) is 1.74. The molecule has 0 aromatic heterocycles. The monoisotopic (exact) mass is 263 g/mol. The van der Waals surface area contributed by atoms with Crippen LogP contribution < -0.4 is 5.32 Å². The standard InChI is InChI=1S/C15H21NO3/c1-14(2,3)19-13(18)16-15(4,10-11-17)12-8-6-5-7-9-12/h5-9,11H,10H2,1-4H3,(H,16,18). The third kappa shape index (κ3) is 4.73. The topological polar surface area (TPSA) is 55.4 Å². The van der Waals surface area contributed by atoms with Gasteiger partial charge in [-0.1, -0.05) is 30.3 Å². The van der Waals surface area contributed by atoms with Crippen molar-refractivity contribution >= 4 is 12.4 Å². The van der Waals surface area contributed by atoms with E-state index >= 15 is 0 Å². The van der Waals surface area contributed by atoms with Crippen molar-refractivity contribution in [1.82, 2.24) is 5.32 Å². The number of amides is 1. The predicted molar refractivity (Wildman–Crippen MR) is 73.8 cm³/mol. The van der Waals surface area contributed by atoms with Crippen molar-refractivity contribution in [2.24, 2.45) is 0 Å². The molecule has 0 aliphatic rings. The lowest BCUT2D eigenvalue weighted by Crippen LogP contribution is -2.46. The van der Waals surface area contributed by atoms with E-state index < -0.39 is 17.2 Å². The van der Waals surface area contributed by atoms with Gasteiger partial charge in [-0.2, -0.15) is 0 Å². The number of hydrogen-bond donors (Lipinski definition) is 1. The minimum absolute atomic E-state index is 0.191. The van der Waals surface area contributed by atoms with Gasteiger partial charge in [0.1, 0.15) is 11.9 Å². The van der Waals surface area contributed by atoms with E-state index in [1.807, 2.05) is 30.3 Å². The number of aldehydes is 1. The minimum Gasteiger partial charge on any atom is -0.444 e. The van der Waals surface area contributed by atoms with Crippen LogP contribution in [-0.4, -0.2) is 18.0 Å². The summed E-state index contributed by atoms with van der Waals surface area (Å²) in [7, 11) is 0. The third-order valence-corrected chi connectivity index (χ3v) is 2.68. The Morgan fingerprint density at radius 3 is 2.26 bits per heavy atom. The van der Waals surface area contributed by atoms with Gasteiger partial charge < -0.3 is 14.8 Å². The van der Waals surface area contributed by atoms with Gasteiger partial charge in [-0.3, -0.25) is 0 Å². The van der Waals surface area contributed by atoms with E-state index in [1.165, 1.54) is 0 Å². The highest BCUT2D eigenvalue weighted by Gasteiger charge is 2.30. The lowest BCUT2D eigenvalue weighted by Gasteiger charge is -2.31. The van der Waals surface area contributed by atoms with Gasteiger partial charge >= 0.3 is 6.09 Å². The van der Waals surface area contributed by atoms with E-state index in [4.69, 9.17) is 4.74 Å². The van der Waals surface area contributed by atoms with E-state index in [0.29, 0.717) is 0 Å². The summed E-state index contributed by atoms with van der Waals surface area (Å²) >= 11 is 0. The molecule has 1 aromatic carbocycles. The summed E-state index contributed by atoms with van der Waals surface area (Å²) in [4.78, 5) is 22.7. The van der Waals surface area contributed by atoms with Crippen LogP contribution in [0.1, 0.15) is 39.7 Å². The van der Waals surface area contributed by atoms with Crippen molar-refractivity contribution in [2.75, 3.05) is 0 Å². The molecule has 0 spiro atoms. The molecule has 19 heavy (non-hydrogen) atoms. The maximum absolute atomic E-state index is 11.9. The fraction of sp³-hybridized carbons (Fsp3) is 0.467. The Labute approximate surface area is 114 Å². The molecule has 0 radical (unpaired) electrons. The molecule has 1 rings (SSSR count). The van der Waals surface area contributed by atoms with Gasteiger partial charge in [0.05, 0.1) is 5.54 Å². The second-order valence-electron chi connectivity index (χ2n) is 5.70. The van der Waals surface area contributed by atoms with Gasteiger partial charge in [0.15, 0.2) is 0 Å². The van der Waals surface area contributed by atoms with Gasteiger partial charge in [0.25, 0.3) is 0 Å². The van der Waals surface area contributed by atoms with Crippen LogP contribution in [0.25, 0.3) is 0 Å². The summed E-state index contributed by atoms with van der Waals surface area (Å²) in [5.41, 5.74) is -0.457. The number of rotatable bonds is 4. The van der Waals surface area contributed by atoms with E-state index in [2.05, 4.69) is 5.32 Å². The molecule has 104 valence electrons. The van der Waals surface area contributed by atoms with Crippen LogP contribution in [-0.2, 0) is 15.1 Å². The van der Waals surface area contributed by atoms with Gasteiger partial charge in [-0.05, 0) is 33.3 Å². The van der Waals surface area contributed by atoms with E-state index in [9.17, 15) is 9.59 Å². The first-order valence-electron chi connectivity index (χ1n) is 6.27. The first-order chi connectivity index (χ1) is 8.77. The highest BCUT2D eigenvalue weighted by atomic mass is 16.6. The van der Waals surface area contributed by atoms with Crippen molar-refractivity contribution in [1.29, 1.82) is 0 Å². The lowest BCUT2D eigenvalue weighted by atomic mass is 9.89. The largest absolute Gasteiger partial charge is 0.444 e. The lowest BCUT2D eigenvalue weighted by molar-refractivity contribution is -0.109. The Kier molecular flexibility index (Phi) is 4.70. The second kappa shape index (κ2) is 5.87. The van der Waals surface area contributed by atoms with Crippen LogP contribution >= 0.6 is 0 Å². The first kappa shape index (κ1) is 15.2. The maximum Gasteiger partial charge on any atom is 0.408 e. The molecule has 1 unspecified atom stereocenters. The third-order valence-electron chi connectivity index (χ3n) is 2.68. The second-order valence-corrected chi connectivity index (χ2v) is 5.70. The normalized spacial score (nSPS) is 14.3. The van der Waals surface area contributed by atoms with Crippen LogP contribution in [0.3, 0.4) is 0 Å². The van der Waals surface area contributed by atoms with Gasteiger partial charge in [0.2, 0.25) is 0 Å².